The summed E-state index contributed by atoms with van der Waals surface area (Å²) in [4.78, 5) is 10.5. The highest BCUT2D eigenvalue weighted by Gasteiger charge is 2.20. The van der Waals surface area contributed by atoms with Crippen molar-refractivity contribution in [2.75, 3.05) is 0 Å². The second-order valence-electron chi connectivity index (χ2n) is 3.42. The van der Waals surface area contributed by atoms with Gasteiger partial charge in [0.25, 0.3) is 0 Å². The van der Waals surface area contributed by atoms with E-state index in [9.17, 15) is 9.18 Å². The molecule has 1 aliphatic rings. The summed E-state index contributed by atoms with van der Waals surface area (Å²) in [6, 6.07) is 2.59. The molecule has 0 radical (unpaired) electrons. The van der Waals surface area contributed by atoms with E-state index in [1.807, 2.05) is 0 Å². The Hall–Kier alpha value is -1.35. The molecule has 0 amide bonds. The zero-order valence-corrected chi connectivity index (χ0v) is 8.51. The number of carbonyl (C=O) groups is 1. The molecule has 0 unspecified atom stereocenters. The maximum atomic E-state index is 13.1. The smallest absolute Gasteiger partial charge is 0.328 e. The van der Waals surface area contributed by atoms with Crippen LogP contribution in [0.15, 0.2) is 18.2 Å². The van der Waals surface area contributed by atoms with Gasteiger partial charge < -0.3 is 5.11 Å². The lowest BCUT2D eigenvalue weighted by molar-refractivity contribution is -0.131. The number of rotatable bonds is 1. The van der Waals surface area contributed by atoms with Crippen molar-refractivity contribution in [3.63, 3.8) is 0 Å². The van der Waals surface area contributed by atoms with Crippen LogP contribution in [0.4, 0.5) is 4.39 Å². The number of halogens is 2. The number of hydrogen-bond donors (Lipinski definition) is 1. The van der Waals surface area contributed by atoms with Crippen LogP contribution in [0.1, 0.15) is 17.5 Å². The highest BCUT2D eigenvalue weighted by atomic mass is 35.5. The fourth-order valence-corrected chi connectivity index (χ4v) is 2.14. The molecule has 0 spiro atoms. The molecule has 0 saturated heterocycles. The zero-order valence-electron chi connectivity index (χ0n) is 7.76. The maximum absolute atomic E-state index is 13.1. The Morgan fingerprint density at radius 3 is 2.87 bits per heavy atom. The summed E-state index contributed by atoms with van der Waals surface area (Å²) in [5.41, 5.74) is 2.10. The zero-order chi connectivity index (χ0) is 11.0. The van der Waals surface area contributed by atoms with E-state index < -0.39 is 11.8 Å². The molecule has 2 nitrogen and oxygen atoms in total. The van der Waals surface area contributed by atoms with Gasteiger partial charge in [-0.05, 0) is 41.7 Å². The van der Waals surface area contributed by atoms with Crippen molar-refractivity contribution >= 4 is 23.1 Å². The Morgan fingerprint density at radius 2 is 2.20 bits per heavy atom. The van der Waals surface area contributed by atoms with Gasteiger partial charge in [0.1, 0.15) is 5.82 Å². The van der Waals surface area contributed by atoms with Gasteiger partial charge in [0.05, 0.1) is 0 Å². The van der Waals surface area contributed by atoms with E-state index >= 15 is 0 Å². The van der Waals surface area contributed by atoms with Crippen molar-refractivity contribution in [2.24, 2.45) is 0 Å². The standard InChI is InChI=1S/C11H8ClFO2/c12-10-5-7(13)4-9-6(3-11(14)15)1-2-8(9)10/h3-5H,1-2H2,(H,14,15). The summed E-state index contributed by atoms with van der Waals surface area (Å²) in [5.74, 6) is -1.45. The number of aliphatic carboxylic acids is 1. The van der Waals surface area contributed by atoms with Gasteiger partial charge in [-0.1, -0.05) is 11.6 Å². The third-order valence-electron chi connectivity index (χ3n) is 2.45. The molecule has 0 aromatic heterocycles. The summed E-state index contributed by atoms with van der Waals surface area (Å²) in [6.45, 7) is 0. The highest BCUT2D eigenvalue weighted by molar-refractivity contribution is 6.31. The van der Waals surface area contributed by atoms with E-state index in [-0.39, 0.29) is 0 Å². The van der Waals surface area contributed by atoms with Crippen LogP contribution in [0.3, 0.4) is 0 Å². The van der Waals surface area contributed by atoms with Crippen LogP contribution in [0, 0.1) is 5.82 Å². The van der Waals surface area contributed by atoms with Crippen molar-refractivity contribution in [1.29, 1.82) is 0 Å². The fourth-order valence-electron chi connectivity index (χ4n) is 1.84. The SMILES string of the molecule is O=C(O)C=C1CCc2c(Cl)cc(F)cc21. The van der Waals surface area contributed by atoms with Gasteiger partial charge >= 0.3 is 5.97 Å². The van der Waals surface area contributed by atoms with Gasteiger partial charge in [-0.3, -0.25) is 0 Å². The van der Waals surface area contributed by atoms with Crippen LogP contribution in [0.5, 0.6) is 0 Å². The lowest BCUT2D eigenvalue weighted by Gasteiger charge is -2.02. The Labute approximate surface area is 91.0 Å². The molecule has 0 fully saturated rings. The summed E-state index contributed by atoms with van der Waals surface area (Å²) in [5, 5.41) is 9.01. The minimum Gasteiger partial charge on any atom is -0.478 e. The quantitative estimate of drug-likeness (QED) is 0.748. The first kappa shape index (κ1) is 10.2. The normalized spacial score (nSPS) is 16.8. The molecular weight excluding hydrogens is 219 g/mol. The lowest BCUT2D eigenvalue weighted by atomic mass is 10.1. The van der Waals surface area contributed by atoms with E-state index in [1.54, 1.807) is 0 Å². The molecule has 0 saturated carbocycles. The molecular formula is C11H8ClFO2. The molecule has 0 atom stereocenters. The predicted octanol–water partition coefficient (Wildman–Crippen LogP) is 2.89. The Balaban J connectivity index is 2.55. The van der Waals surface area contributed by atoms with Gasteiger partial charge in [0.15, 0.2) is 0 Å². The first-order valence-corrected chi connectivity index (χ1v) is 4.87. The van der Waals surface area contributed by atoms with E-state index in [4.69, 9.17) is 16.7 Å². The Bertz CT molecular complexity index is 466. The molecule has 1 aliphatic carbocycles. The van der Waals surface area contributed by atoms with E-state index in [0.29, 0.717) is 29.0 Å². The van der Waals surface area contributed by atoms with E-state index in [0.717, 1.165) is 11.6 Å². The molecule has 4 heteroatoms. The number of allylic oxidation sites excluding steroid dienone is 1. The van der Waals surface area contributed by atoms with Crippen molar-refractivity contribution in [1.82, 2.24) is 0 Å². The summed E-state index contributed by atoms with van der Waals surface area (Å²) < 4.78 is 13.1. The largest absolute Gasteiger partial charge is 0.478 e. The molecule has 15 heavy (non-hydrogen) atoms. The minimum atomic E-state index is -1.02. The topological polar surface area (TPSA) is 37.3 Å². The van der Waals surface area contributed by atoms with Crippen LogP contribution < -0.4 is 0 Å². The van der Waals surface area contributed by atoms with Crippen LogP contribution in [0.25, 0.3) is 5.57 Å². The number of hydrogen-bond acceptors (Lipinski definition) is 1. The van der Waals surface area contributed by atoms with Crippen molar-refractivity contribution in [2.45, 2.75) is 12.8 Å². The number of carboxylic acids is 1. The lowest BCUT2D eigenvalue weighted by Crippen LogP contribution is -1.91. The van der Waals surface area contributed by atoms with Gasteiger partial charge in [0, 0.05) is 11.1 Å². The van der Waals surface area contributed by atoms with Gasteiger partial charge in [0.2, 0.25) is 0 Å². The molecule has 1 aromatic carbocycles. The van der Waals surface area contributed by atoms with Gasteiger partial charge in [-0.2, -0.15) is 0 Å². The third-order valence-corrected chi connectivity index (χ3v) is 2.79. The second-order valence-corrected chi connectivity index (χ2v) is 3.83. The van der Waals surface area contributed by atoms with E-state index in [1.165, 1.54) is 12.1 Å². The fraction of sp³-hybridized carbons (Fsp3) is 0.182. The van der Waals surface area contributed by atoms with E-state index in [2.05, 4.69) is 0 Å². The molecule has 1 N–H and O–H groups in total. The van der Waals surface area contributed by atoms with Crippen molar-refractivity contribution < 1.29 is 14.3 Å². The van der Waals surface area contributed by atoms with Gasteiger partial charge in [-0.25, -0.2) is 9.18 Å². The third kappa shape index (κ3) is 1.88. The van der Waals surface area contributed by atoms with Crippen molar-refractivity contribution in [3.05, 3.63) is 40.2 Å². The summed E-state index contributed by atoms with van der Waals surface area (Å²) in [6.07, 6.45) is 2.39. The van der Waals surface area contributed by atoms with Crippen LogP contribution in [-0.4, -0.2) is 11.1 Å². The minimum absolute atomic E-state index is 0.374. The second kappa shape index (κ2) is 3.66. The summed E-state index contributed by atoms with van der Waals surface area (Å²) in [7, 11) is 0. The highest BCUT2D eigenvalue weighted by Crippen LogP contribution is 2.36. The molecule has 1 aromatic rings. The first-order chi connectivity index (χ1) is 7.08. The van der Waals surface area contributed by atoms with Crippen LogP contribution >= 0.6 is 11.6 Å². The Morgan fingerprint density at radius 1 is 1.47 bits per heavy atom. The molecule has 2 rings (SSSR count). The van der Waals surface area contributed by atoms with Crippen molar-refractivity contribution in [3.8, 4) is 0 Å². The van der Waals surface area contributed by atoms with Crippen LogP contribution in [-0.2, 0) is 11.2 Å². The molecule has 0 bridgehead atoms. The van der Waals surface area contributed by atoms with Crippen LogP contribution in [0.2, 0.25) is 5.02 Å². The number of fused-ring (bicyclic) bond motifs is 1. The monoisotopic (exact) mass is 226 g/mol. The predicted molar refractivity (Wildman–Crippen MR) is 55.3 cm³/mol. The Kier molecular flexibility index (Phi) is 2.49. The summed E-state index contributed by atoms with van der Waals surface area (Å²) >= 11 is 5.86. The maximum Gasteiger partial charge on any atom is 0.328 e. The number of benzene rings is 1. The molecule has 0 heterocycles. The molecule has 0 aliphatic heterocycles. The first-order valence-electron chi connectivity index (χ1n) is 4.49. The van der Waals surface area contributed by atoms with Gasteiger partial charge in [-0.15, -0.1) is 0 Å². The molecule has 78 valence electrons. The number of carboxylic acid groups (broad SMARTS) is 1. The average molecular weight is 227 g/mol. The average Bonchev–Trinajstić information content (AvgIpc) is 2.48.